The van der Waals surface area contributed by atoms with E-state index in [4.69, 9.17) is 9.84 Å². The minimum atomic E-state index is -1.02. The van der Waals surface area contributed by atoms with Gasteiger partial charge in [-0.05, 0) is 6.92 Å². The predicted molar refractivity (Wildman–Crippen MR) is 47.5 cm³/mol. The molecule has 0 saturated carbocycles. The molecule has 0 aliphatic heterocycles. The first-order chi connectivity index (χ1) is 6.65. The number of amides is 1. The lowest BCUT2D eigenvalue weighted by Gasteiger charge is -2.13. The van der Waals surface area contributed by atoms with Crippen molar-refractivity contribution in [3.8, 4) is 0 Å². The van der Waals surface area contributed by atoms with E-state index in [1.807, 2.05) is 0 Å². The number of carbonyl (C=O) groups is 2. The molecule has 1 unspecified atom stereocenters. The standard InChI is InChI=1S/C8H15NO5/c1-3-14-5-7(11)9-6(4-10)8(12)13-2/h6,10H,3-5H2,1-2H3,(H,9,11). The predicted octanol–water partition coefficient (Wildman–Crippen LogP) is -1.33. The van der Waals surface area contributed by atoms with Gasteiger partial charge in [-0.1, -0.05) is 0 Å². The fourth-order valence-corrected chi connectivity index (χ4v) is 0.752. The zero-order chi connectivity index (χ0) is 11.0. The van der Waals surface area contributed by atoms with Crippen LogP contribution in [0.25, 0.3) is 0 Å². The molecule has 0 aliphatic carbocycles. The number of aliphatic hydroxyl groups is 1. The van der Waals surface area contributed by atoms with Gasteiger partial charge in [0.25, 0.3) is 0 Å². The molecule has 0 rings (SSSR count). The molecular weight excluding hydrogens is 190 g/mol. The van der Waals surface area contributed by atoms with E-state index in [1.54, 1.807) is 6.92 Å². The van der Waals surface area contributed by atoms with Crippen molar-refractivity contribution in [2.75, 3.05) is 26.9 Å². The first-order valence-electron chi connectivity index (χ1n) is 4.21. The van der Waals surface area contributed by atoms with Gasteiger partial charge in [-0.3, -0.25) is 4.79 Å². The highest BCUT2D eigenvalue weighted by atomic mass is 16.5. The third-order valence-electron chi connectivity index (χ3n) is 1.44. The molecule has 2 N–H and O–H groups in total. The molecule has 6 heteroatoms. The van der Waals surface area contributed by atoms with E-state index < -0.39 is 24.5 Å². The van der Waals surface area contributed by atoms with Crippen molar-refractivity contribution >= 4 is 11.9 Å². The largest absolute Gasteiger partial charge is 0.467 e. The Morgan fingerprint density at radius 2 is 2.14 bits per heavy atom. The maximum atomic E-state index is 11.0. The summed E-state index contributed by atoms with van der Waals surface area (Å²) in [5, 5.41) is 11.0. The molecular formula is C8H15NO5. The number of hydrogen-bond donors (Lipinski definition) is 2. The van der Waals surface area contributed by atoms with Gasteiger partial charge in [0.2, 0.25) is 5.91 Å². The van der Waals surface area contributed by atoms with Crippen LogP contribution in [0.4, 0.5) is 0 Å². The Balaban J connectivity index is 3.92. The Kier molecular flexibility index (Phi) is 6.69. The molecule has 0 fully saturated rings. The van der Waals surface area contributed by atoms with E-state index in [2.05, 4.69) is 10.1 Å². The van der Waals surface area contributed by atoms with E-state index in [9.17, 15) is 9.59 Å². The molecule has 0 aromatic heterocycles. The van der Waals surface area contributed by atoms with E-state index in [0.29, 0.717) is 6.61 Å². The Morgan fingerprint density at radius 3 is 2.57 bits per heavy atom. The number of esters is 1. The van der Waals surface area contributed by atoms with Crippen molar-refractivity contribution in [3.63, 3.8) is 0 Å². The highest BCUT2D eigenvalue weighted by molar-refractivity contribution is 5.85. The molecule has 0 radical (unpaired) electrons. The molecule has 0 aliphatic rings. The fraction of sp³-hybridized carbons (Fsp3) is 0.750. The summed E-state index contributed by atoms with van der Waals surface area (Å²) >= 11 is 0. The van der Waals surface area contributed by atoms with Crippen LogP contribution in [0.15, 0.2) is 0 Å². The molecule has 0 heterocycles. The fourth-order valence-electron chi connectivity index (χ4n) is 0.752. The molecule has 1 atom stereocenters. The van der Waals surface area contributed by atoms with Crippen molar-refractivity contribution in [1.82, 2.24) is 5.32 Å². The molecule has 6 nitrogen and oxygen atoms in total. The lowest BCUT2D eigenvalue weighted by atomic mass is 10.3. The molecule has 0 saturated heterocycles. The summed E-state index contributed by atoms with van der Waals surface area (Å²) in [4.78, 5) is 22.0. The molecule has 0 spiro atoms. The molecule has 1 amide bonds. The molecule has 0 aromatic rings. The summed E-state index contributed by atoms with van der Waals surface area (Å²) in [5.74, 6) is -1.14. The zero-order valence-corrected chi connectivity index (χ0v) is 8.28. The van der Waals surface area contributed by atoms with Crippen molar-refractivity contribution in [2.24, 2.45) is 0 Å². The van der Waals surface area contributed by atoms with Gasteiger partial charge in [0.1, 0.15) is 6.61 Å². The number of methoxy groups -OCH3 is 1. The zero-order valence-electron chi connectivity index (χ0n) is 8.28. The lowest BCUT2D eigenvalue weighted by molar-refractivity contribution is -0.146. The maximum Gasteiger partial charge on any atom is 0.330 e. The summed E-state index contributed by atoms with van der Waals surface area (Å²) in [5.41, 5.74) is 0. The Morgan fingerprint density at radius 1 is 1.50 bits per heavy atom. The minimum absolute atomic E-state index is 0.135. The van der Waals surface area contributed by atoms with E-state index >= 15 is 0 Å². The normalized spacial score (nSPS) is 11.9. The van der Waals surface area contributed by atoms with E-state index in [1.165, 1.54) is 7.11 Å². The second-order valence-electron chi connectivity index (χ2n) is 2.46. The first kappa shape index (κ1) is 12.9. The summed E-state index contributed by atoms with van der Waals surface area (Å²) < 4.78 is 9.16. The van der Waals surface area contributed by atoms with Gasteiger partial charge < -0.3 is 19.9 Å². The van der Waals surface area contributed by atoms with Gasteiger partial charge in [0, 0.05) is 6.61 Å². The molecule has 14 heavy (non-hydrogen) atoms. The Hall–Kier alpha value is -1.14. The second kappa shape index (κ2) is 7.28. The van der Waals surface area contributed by atoms with Crippen molar-refractivity contribution in [1.29, 1.82) is 0 Å². The van der Waals surface area contributed by atoms with Crippen LogP contribution in [0, 0.1) is 0 Å². The van der Waals surface area contributed by atoms with Crippen LogP contribution in [0.5, 0.6) is 0 Å². The van der Waals surface area contributed by atoms with Gasteiger partial charge in [0.05, 0.1) is 13.7 Å². The van der Waals surface area contributed by atoms with Crippen molar-refractivity contribution in [2.45, 2.75) is 13.0 Å². The topological polar surface area (TPSA) is 84.9 Å². The van der Waals surface area contributed by atoms with E-state index in [0.717, 1.165) is 0 Å². The molecule has 0 bridgehead atoms. The van der Waals surface area contributed by atoms with E-state index in [-0.39, 0.29) is 6.61 Å². The first-order valence-corrected chi connectivity index (χ1v) is 4.21. The number of ether oxygens (including phenoxy) is 2. The number of nitrogens with one attached hydrogen (secondary N) is 1. The minimum Gasteiger partial charge on any atom is -0.467 e. The monoisotopic (exact) mass is 205 g/mol. The second-order valence-corrected chi connectivity index (χ2v) is 2.46. The van der Waals surface area contributed by atoms with Crippen LogP contribution in [0.2, 0.25) is 0 Å². The van der Waals surface area contributed by atoms with Crippen LogP contribution in [0.1, 0.15) is 6.92 Å². The summed E-state index contributed by atoms with van der Waals surface area (Å²) in [6.07, 6.45) is 0. The van der Waals surface area contributed by atoms with Crippen LogP contribution in [0.3, 0.4) is 0 Å². The highest BCUT2D eigenvalue weighted by Crippen LogP contribution is 1.87. The summed E-state index contributed by atoms with van der Waals surface area (Å²) in [7, 11) is 1.18. The van der Waals surface area contributed by atoms with Crippen LogP contribution < -0.4 is 5.32 Å². The number of carbonyl (C=O) groups excluding carboxylic acids is 2. The Labute approximate surface area is 82.2 Å². The van der Waals surface area contributed by atoms with Gasteiger partial charge in [-0.2, -0.15) is 0 Å². The summed E-state index contributed by atoms with van der Waals surface area (Å²) in [6, 6.07) is -1.02. The van der Waals surface area contributed by atoms with Gasteiger partial charge in [-0.15, -0.1) is 0 Å². The van der Waals surface area contributed by atoms with Crippen molar-refractivity contribution in [3.05, 3.63) is 0 Å². The molecule has 0 aromatic carbocycles. The Bertz CT molecular complexity index is 194. The SMILES string of the molecule is CCOCC(=O)NC(CO)C(=O)OC. The van der Waals surface area contributed by atoms with Crippen LogP contribution >= 0.6 is 0 Å². The van der Waals surface area contributed by atoms with Gasteiger partial charge in [-0.25, -0.2) is 4.79 Å². The average Bonchev–Trinajstić information content (AvgIpc) is 2.21. The maximum absolute atomic E-state index is 11.0. The van der Waals surface area contributed by atoms with Gasteiger partial charge >= 0.3 is 5.97 Å². The molecule has 82 valence electrons. The smallest absolute Gasteiger partial charge is 0.330 e. The number of aliphatic hydroxyl groups excluding tert-OH is 1. The third kappa shape index (κ3) is 4.78. The van der Waals surface area contributed by atoms with Crippen molar-refractivity contribution < 1.29 is 24.2 Å². The average molecular weight is 205 g/mol. The third-order valence-corrected chi connectivity index (χ3v) is 1.44. The quantitative estimate of drug-likeness (QED) is 0.525. The highest BCUT2D eigenvalue weighted by Gasteiger charge is 2.19. The number of rotatable bonds is 6. The van der Waals surface area contributed by atoms with Crippen LogP contribution in [-0.2, 0) is 19.1 Å². The number of hydrogen-bond acceptors (Lipinski definition) is 5. The van der Waals surface area contributed by atoms with Crippen LogP contribution in [-0.4, -0.2) is 50.0 Å². The van der Waals surface area contributed by atoms with Gasteiger partial charge in [0.15, 0.2) is 6.04 Å². The lowest BCUT2D eigenvalue weighted by Crippen LogP contribution is -2.45. The summed E-state index contributed by atoms with van der Waals surface area (Å²) in [6.45, 7) is 1.53.